The molecule has 1 N–H and O–H groups in total. The van der Waals surface area contributed by atoms with Crippen molar-refractivity contribution in [1.29, 1.82) is 0 Å². The molecule has 0 saturated carbocycles. The zero-order chi connectivity index (χ0) is 26.6. The minimum Gasteiger partial charge on any atom is -0.445 e. The van der Waals surface area contributed by atoms with Crippen molar-refractivity contribution in [2.45, 2.75) is 39.9 Å². The highest BCUT2D eigenvalue weighted by Gasteiger charge is 2.23. The maximum atomic E-state index is 5.92. The molecule has 0 saturated heterocycles. The van der Waals surface area contributed by atoms with Crippen LogP contribution in [-0.2, 0) is 16.0 Å². The van der Waals surface area contributed by atoms with E-state index in [1.165, 1.54) is 0 Å². The Labute approximate surface area is 218 Å². The lowest BCUT2D eigenvalue weighted by Crippen LogP contribution is -2.18. The summed E-state index contributed by atoms with van der Waals surface area (Å²) < 4.78 is 24.3. The van der Waals surface area contributed by atoms with Crippen LogP contribution in [0.1, 0.15) is 25.2 Å². The molecular weight excluding hydrogens is 488 g/mol. The van der Waals surface area contributed by atoms with Crippen LogP contribution < -0.4 is 9.47 Å². The van der Waals surface area contributed by atoms with Crippen LogP contribution >= 0.6 is 0 Å². The van der Waals surface area contributed by atoms with Gasteiger partial charge in [0.25, 0.3) is 11.8 Å². The molecule has 0 aliphatic heterocycles. The number of aryl methyl sites for hydroxylation is 1. The Morgan fingerprint density at radius 1 is 0.842 bits per heavy atom. The molecule has 5 rings (SSSR count). The Bertz CT molecular complexity index is 1520. The second-order valence-corrected chi connectivity index (χ2v) is 8.57. The van der Waals surface area contributed by atoms with Crippen LogP contribution in [0.2, 0.25) is 0 Å². The van der Waals surface area contributed by atoms with Crippen molar-refractivity contribution in [2.75, 3.05) is 14.2 Å². The minimum atomic E-state index is -0.528. The molecule has 2 aromatic carbocycles. The number of rotatable bonds is 10. The van der Waals surface area contributed by atoms with Crippen LogP contribution in [0, 0.1) is 6.92 Å². The van der Waals surface area contributed by atoms with Gasteiger partial charge in [0.15, 0.2) is 18.1 Å². The summed E-state index contributed by atoms with van der Waals surface area (Å²) >= 11 is 0. The van der Waals surface area contributed by atoms with E-state index < -0.39 is 12.6 Å². The summed E-state index contributed by atoms with van der Waals surface area (Å²) in [5, 5.41) is 22.9. The molecule has 0 radical (unpaired) electrons. The molecule has 12 heteroatoms. The summed E-state index contributed by atoms with van der Waals surface area (Å²) in [5.74, 6) is 1.87. The summed E-state index contributed by atoms with van der Waals surface area (Å²) in [5.41, 5.74) is 5.20. The quantitative estimate of drug-likeness (QED) is 0.273. The summed E-state index contributed by atoms with van der Waals surface area (Å²) in [6, 6.07) is 16.2. The predicted molar refractivity (Wildman–Crippen MR) is 138 cm³/mol. The number of benzene rings is 2. The van der Waals surface area contributed by atoms with Crippen molar-refractivity contribution >= 4 is 11.0 Å². The molecule has 2 atom stereocenters. The van der Waals surface area contributed by atoms with Gasteiger partial charge in [0.05, 0.1) is 0 Å². The number of ether oxygens (including phenoxy) is 4. The van der Waals surface area contributed by atoms with E-state index in [4.69, 9.17) is 23.9 Å². The molecule has 0 spiro atoms. The Kier molecular flexibility index (Phi) is 7.24. The van der Waals surface area contributed by atoms with Crippen molar-refractivity contribution in [3.63, 3.8) is 0 Å². The number of nitrogens with one attached hydrogen (secondary N) is 1. The molecule has 12 nitrogen and oxygen atoms in total. The van der Waals surface area contributed by atoms with Gasteiger partial charge in [-0.3, -0.25) is 0 Å². The second-order valence-electron chi connectivity index (χ2n) is 8.57. The van der Waals surface area contributed by atoms with E-state index in [1.54, 1.807) is 28.1 Å². The van der Waals surface area contributed by atoms with E-state index in [0.29, 0.717) is 29.3 Å². The number of aromatic nitrogens is 8. The molecular formula is C26H28N8O4. The van der Waals surface area contributed by atoms with Crippen LogP contribution in [0.5, 0.6) is 11.8 Å². The van der Waals surface area contributed by atoms with Crippen LogP contribution in [0.25, 0.3) is 33.5 Å². The zero-order valence-corrected chi connectivity index (χ0v) is 21.7. The number of tetrazole rings is 1. The van der Waals surface area contributed by atoms with E-state index in [9.17, 15) is 0 Å². The van der Waals surface area contributed by atoms with E-state index in [-0.39, 0.29) is 5.88 Å². The fourth-order valence-electron chi connectivity index (χ4n) is 4.06. The number of nitrogens with zero attached hydrogens (tertiary/aromatic N) is 7. The van der Waals surface area contributed by atoms with Gasteiger partial charge < -0.3 is 23.5 Å². The summed E-state index contributed by atoms with van der Waals surface area (Å²) in [4.78, 5) is 4.73. The molecule has 0 aliphatic carbocycles. The van der Waals surface area contributed by atoms with Gasteiger partial charge in [-0.1, -0.05) is 48.5 Å². The molecule has 0 fully saturated rings. The van der Waals surface area contributed by atoms with Crippen LogP contribution in [0.4, 0.5) is 0 Å². The third-order valence-corrected chi connectivity index (χ3v) is 6.13. The fourth-order valence-corrected chi connectivity index (χ4v) is 4.06. The first-order valence-corrected chi connectivity index (χ1v) is 12.0. The second kappa shape index (κ2) is 10.9. The SMILES string of the molecule is COC(C)Oc1nnc(OC(C)OC)c2c1nc(C)n2Cc1ccc(-c2ccccc2-c2nn[nH]n2)cc1. The molecule has 3 aromatic heterocycles. The number of fused-ring (bicyclic) bond motifs is 1. The number of H-pyrrole nitrogens is 1. The molecule has 5 aromatic rings. The van der Waals surface area contributed by atoms with Gasteiger partial charge >= 0.3 is 0 Å². The largest absolute Gasteiger partial charge is 0.445 e. The highest BCUT2D eigenvalue weighted by Crippen LogP contribution is 2.33. The molecule has 0 aliphatic rings. The number of hydrogen-bond acceptors (Lipinski definition) is 10. The lowest BCUT2D eigenvalue weighted by atomic mass is 9.98. The molecule has 3 heterocycles. The number of methoxy groups -OCH3 is 2. The van der Waals surface area contributed by atoms with Crippen molar-refractivity contribution in [3.8, 4) is 34.3 Å². The first-order valence-electron chi connectivity index (χ1n) is 12.0. The Morgan fingerprint density at radius 2 is 1.50 bits per heavy atom. The van der Waals surface area contributed by atoms with Crippen molar-refractivity contribution in [1.82, 2.24) is 40.4 Å². The van der Waals surface area contributed by atoms with Crippen molar-refractivity contribution in [2.24, 2.45) is 0 Å². The standard InChI is InChI=1S/C26H28N8O4/c1-15-27-22-23(26(38-17(3)36-5)31-30-25(22)37-16(2)35-4)34(15)14-18-10-12-19(13-11-18)20-8-6-7-9-21(20)24-28-32-33-29-24/h6-13,16-17H,14H2,1-5H3,(H,28,29,32,33). The normalized spacial score (nSPS) is 13.0. The first kappa shape index (κ1) is 25.2. The first-order chi connectivity index (χ1) is 18.5. The molecule has 196 valence electrons. The van der Waals surface area contributed by atoms with Gasteiger partial charge in [-0.25, -0.2) is 4.98 Å². The topological polar surface area (TPSA) is 135 Å². The van der Waals surface area contributed by atoms with E-state index in [0.717, 1.165) is 28.1 Å². The van der Waals surface area contributed by atoms with Gasteiger partial charge in [0.1, 0.15) is 11.3 Å². The monoisotopic (exact) mass is 516 g/mol. The van der Waals surface area contributed by atoms with Gasteiger partial charge in [0, 0.05) is 26.3 Å². The number of hydrogen-bond donors (Lipinski definition) is 1. The van der Waals surface area contributed by atoms with Gasteiger partial charge in [0.2, 0.25) is 5.82 Å². The van der Waals surface area contributed by atoms with Crippen LogP contribution in [0.3, 0.4) is 0 Å². The highest BCUT2D eigenvalue weighted by molar-refractivity contribution is 5.85. The maximum Gasteiger partial charge on any atom is 0.264 e. The van der Waals surface area contributed by atoms with Crippen LogP contribution in [-0.4, -0.2) is 67.2 Å². The predicted octanol–water partition coefficient (Wildman–Crippen LogP) is 3.77. The zero-order valence-electron chi connectivity index (χ0n) is 21.7. The Hall–Kier alpha value is -4.42. The lowest BCUT2D eigenvalue weighted by molar-refractivity contribution is -0.0445. The summed E-state index contributed by atoms with van der Waals surface area (Å²) in [6.45, 7) is 6.00. The van der Waals surface area contributed by atoms with E-state index in [1.807, 2.05) is 35.8 Å². The van der Waals surface area contributed by atoms with Gasteiger partial charge in [-0.15, -0.1) is 20.4 Å². The third kappa shape index (κ3) is 5.04. The van der Waals surface area contributed by atoms with E-state index in [2.05, 4.69) is 55.1 Å². The number of aromatic amines is 1. The molecule has 0 amide bonds. The number of imidazole rings is 1. The van der Waals surface area contributed by atoms with Gasteiger partial charge in [-0.05, 0) is 42.7 Å². The summed E-state index contributed by atoms with van der Waals surface area (Å²) in [7, 11) is 3.12. The van der Waals surface area contributed by atoms with Crippen LogP contribution in [0.15, 0.2) is 48.5 Å². The fraction of sp³-hybridized carbons (Fsp3) is 0.308. The van der Waals surface area contributed by atoms with Gasteiger partial charge in [-0.2, -0.15) is 5.21 Å². The highest BCUT2D eigenvalue weighted by atomic mass is 16.7. The smallest absolute Gasteiger partial charge is 0.264 e. The molecule has 2 unspecified atom stereocenters. The Balaban J connectivity index is 1.51. The molecule has 38 heavy (non-hydrogen) atoms. The summed E-state index contributed by atoms with van der Waals surface area (Å²) in [6.07, 6.45) is -1.05. The van der Waals surface area contributed by atoms with E-state index >= 15 is 0 Å². The lowest BCUT2D eigenvalue weighted by Gasteiger charge is -2.16. The molecule has 0 bridgehead atoms. The van der Waals surface area contributed by atoms with Crippen molar-refractivity contribution < 1.29 is 18.9 Å². The third-order valence-electron chi connectivity index (χ3n) is 6.13. The average molecular weight is 517 g/mol. The maximum absolute atomic E-state index is 5.92. The minimum absolute atomic E-state index is 0.266. The van der Waals surface area contributed by atoms with Crippen molar-refractivity contribution in [3.05, 3.63) is 59.9 Å². The Morgan fingerprint density at radius 3 is 2.16 bits per heavy atom. The average Bonchev–Trinajstić information content (AvgIpc) is 3.59.